The van der Waals surface area contributed by atoms with Gasteiger partial charge >= 0.3 is 17.8 Å². The maximum atomic E-state index is 12.8. The van der Waals surface area contributed by atoms with Gasteiger partial charge in [0.25, 0.3) is 11.5 Å². The maximum absolute atomic E-state index is 12.8. The molecule has 31 heavy (non-hydrogen) atoms. The van der Waals surface area contributed by atoms with Crippen LogP contribution in [0.15, 0.2) is 60.2 Å². The van der Waals surface area contributed by atoms with Gasteiger partial charge in [0.15, 0.2) is 0 Å². The first-order valence-electron chi connectivity index (χ1n) is 9.23. The second-order valence-electron chi connectivity index (χ2n) is 6.49. The summed E-state index contributed by atoms with van der Waals surface area (Å²) in [5.74, 6) is -5.22. The molecule has 0 aliphatic carbocycles. The van der Waals surface area contributed by atoms with E-state index in [1.54, 1.807) is 25.1 Å². The Morgan fingerprint density at radius 3 is 2.16 bits per heavy atom. The molecule has 1 saturated heterocycles. The largest absolute Gasteiger partial charge is 0.507 e. The highest BCUT2D eigenvalue weighted by molar-refractivity contribution is 6.54. The van der Waals surface area contributed by atoms with Gasteiger partial charge in [-0.3, -0.25) is 14.5 Å². The Labute approximate surface area is 177 Å². The Morgan fingerprint density at radius 2 is 1.61 bits per heavy atom. The number of carbonyl (C=O) groups is 4. The molecule has 1 aliphatic heterocycles. The van der Waals surface area contributed by atoms with E-state index in [1.165, 1.54) is 36.4 Å². The van der Waals surface area contributed by atoms with Crippen LogP contribution < -0.4 is 4.90 Å². The van der Waals surface area contributed by atoms with Crippen molar-refractivity contribution in [1.29, 1.82) is 0 Å². The first kappa shape index (κ1) is 21.7. The van der Waals surface area contributed by atoms with Gasteiger partial charge in [0.1, 0.15) is 11.3 Å². The zero-order chi connectivity index (χ0) is 22.8. The van der Waals surface area contributed by atoms with E-state index in [1.807, 2.05) is 0 Å². The third-order valence-corrected chi connectivity index (χ3v) is 4.69. The number of esters is 2. The van der Waals surface area contributed by atoms with Crippen LogP contribution in [0.25, 0.3) is 5.76 Å². The van der Waals surface area contributed by atoms with Crippen molar-refractivity contribution in [3.8, 4) is 0 Å². The van der Waals surface area contributed by atoms with Crippen LogP contribution in [-0.4, -0.2) is 53.3 Å². The van der Waals surface area contributed by atoms with Crippen LogP contribution in [-0.2, 0) is 23.9 Å². The Kier molecular flexibility index (Phi) is 5.89. The lowest BCUT2D eigenvalue weighted by Gasteiger charge is -2.30. The summed E-state index contributed by atoms with van der Waals surface area (Å²) in [5.41, 5.74) is -3.55. The molecule has 0 unspecified atom stereocenters. The highest BCUT2D eigenvalue weighted by Crippen LogP contribution is 2.39. The monoisotopic (exact) mass is 425 g/mol. The van der Waals surface area contributed by atoms with Gasteiger partial charge < -0.3 is 19.7 Å². The Balaban J connectivity index is 2.17. The molecular formula is C22H19NO8. The summed E-state index contributed by atoms with van der Waals surface area (Å²) >= 11 is 0. The predicted molar refractivity (Wildman–Crippen MR) is 108 cm³/mol. The summed E-state index contributed by atoms with van der Waals surface area (Å²) in [7, 11) is 0.965. The Hall–Kier alpha value is -3.98. The average Bonchev–Trinajstić information content (AvgIpc) is 2.99. The van der Waals surface area contributed by atoms with Gasteiger partial charge in [-0.25, -0.2) is 9.59 Å². The minimum Gasteiger partial charge on any atom is -0.507 e. The van der Waals surface area contributed by atoms with Gasteiger partial charge in [-0.1, -0.05) is 30.3 Å². The lowest BCUT2D eigenvalue weighted by Crippen LogP contribution is -2.54. The average molecular weight is 425 g/mol. The summed E-state index contributed by atoms with van der Waals surface area (Å²) in [6, 6.07) is 12.8. The number of ether oxygens (including phenoxy) is 2. The fourth-order valence-corrected chi connectivity index (χ4v) is 3.24. The fraction of sp³-hybridized carbons (Fsp3) is 0.182. The van der Waals surface area contributed by atoms with Crippen LogP contribution >= 0.6 is 0 Å². The molecule has 0 radical (unpaired) electrons. The van der Waals surface area contributed by atoms with Crippen molar-refractivity contribution < 1.29 is 38.9 Å². The number of carbonyl (C=O) groups excluding carboxylic acids is 4. The fourth-order valence-electron chi connectivity index (χ4n) is 3.24. The van der Waals surface area contributed by atoms with E-state index < -0.39 is 40.7 Å². The molecule has 1 heterocycles. The van der Waals surface area contributed by atoms with Crippen molar-refractivity contribution in [2.75, 3.05) is 18.6 Å². The molecule has 0 saturated carbocycles. The number of ketones is 1. The Morgan fingerprint density at radius 1 is 1.00 bits per heavy atom. The van der Waals surface area contributed by atoms with E-state index >= 15 is 0 Å². The molecule has 0 aromatic heterocycles. The summed E-state index contributed by atoms with van der Waals surface area (Å²) in [5, 5.41) is 21.9. The number of Topliss-reactive ketones (excluding diaryl/α,β-unsaturated/α-hetero) is 1. The number of nitrogens with zero attached hydrogens (tertiary/aromatic N) is 1. The summed E-state index contributed by atoms with van der Waals surface area (Å²) in [4.78, 5) is 50.5. The van der Waals surface area contributed by atoms with Crippen LogP contribution in [0.4, 0.5) is 5.69 Å². The number of hydrogen-bond donors (Lipinski definition) is 2. The Bertz CT molecular complexity index is 1070. The van der Waals surface area contributed by atoms with Crippen LogP contribution in [0, 0.1) is 0 Å². The molecule has 160 valence electrons. The van der Waals surface area contributed by atoms with E-state index in [0.29, 0.717) is 4.90 Å². The lowest BCUT2D eigenvalue weighted by atomic mass is 9.97. The van der Waals surface area contributed by atoms with Gasteiger partial charge in [0, 0.05) is 11.3 Å². The molecule has 1 fully saturated rings. The van der Waals surface area contributed by atoms with Crippen molar-refractivity contribution in [2.45, 2.75) is 12.6 Å². The van der Waals surface area contributed by atoms with Crippen LogP contribution in [0.5, 0.6) is 0 Å². The number of benzene rings is 2. The SMILES string of the molecule is CCOC(=O)c1ccc(N2C(=O)C(=O)C(=C(O)c3ccccc3)[C@@]2(O)C(=O)OC)cc1. The van der Waals surface area contributed by atoms with Crippen LogP contribution in [0.2, 0.25) is 0 Å². The smallest absolute Gasteiger partial charge is 0.365 e. The van der Waals surface area contributed by atoms with E-state index in [0.717, 1.165) is 7.11 Å². The zero-order valence-corrected chi connectivity index (χ0v) is 16.7. The van der Waals surface area contributed by atoms with Crippen molar-refractivity contribution in [3.05, 3.63) is 71.3 Å². The molecule has 3 rings (SSSR count). The third kappa shape index (κ3) is 3.55. The number of anilines is 1. The second-order valence-corrected chi connectivity index (χ2v) is 6.49. The minimum atomic E-state index is -2.92. The van der Waals surface area contributed by atoms with Gasteiger partial charge in [0.05, 0.1) is 19.3 Å². The molecule has 2 N–H and O–H groups in total. The molecule has 0 bridgehead atoms. The molecule has 2 aromatic carbocycles. The lowest BCUT2D eigenvalue weighted by molar-refractivity contribution is -0.158. The highest BCUT2D eigenvalue weighted by atomic mass is 16.5. The number of hydrogen-bond acceptors (Lipinski definition) is 8. The zero-order valence-electron chi connectivity index (χ0n) is 16.7. The number of aliphatic hydroxyl groups excluding tert-OH is 1. The predicted octanol–water partition coefficient (Wildman–Crippen LogP) is 1.61. The first-order valence-corrected chi connectivity index (χ1v) is 9.23. The summed E-state index contributed by atoms with van der Waals surface area (Å²) < 4.78 is 9.53. The summed E-state index contributed by atoms with van der Waals surface area (Å²) in [6.45, 7) is 1.80. The standard InChI is InChI=1S/C22H19NO8/c1-3-31-20(27)14-9-11-15(12-10-14)23-19(26)18(25)16(22(23,29)21(28)30-2)17(24)13-7-5-4-6-8-13/h4-12,24,29H,3H2,1-2H3/t22-/m1/s1. The first-order chi connectivity index (χ1) is 14.8. The van der Waals surface area contributed by atoms with Crippen molar-refractivity contribution in [2.24, 2.45) is 0 Å². The molecule has 9 heteroatoms. The van der Waals surface area contributed by atoms with E-state index in [2.05, 4.69) is 4.74 Å². The quantitative estimate of drug-likeness (QED) is 0.320. The third-order valence-electron chi connectivity index (χ3n) is 4.69. The number of amides is 1. The maximum Gasteiger partial charge on any atom is 0.365 e. The molecule has 0 spiro atoms. The van der Waals surface area contributed by atoms with Crippen LogP contribution in [0.1, 0.15) is 22.8 Å². The van der Waals surface area contributed by atoms with Crippen molar-refractivity contribution in [1.82, 2.24) is 0 Å². The molecule has 1 atom stereocenters. The normalized spacial score (nSPS) is 19.9. The topological polar surface area (TPSA) is 130 Å². The van der Waals surface area contributed by atoms with Crippen molar-refractivity contribution >= 4 is 35.1 Å². The van der Waals surface area contributed by atoms with Gasteiger partial charge in [0.2, 0.25) is 0 Å². The molecule has 1 aliphatic rings. The molecule has 2 aromatic rings. The van der Waals surface area contributed by atoms with Gasteiger partial charge in [-0.2, -0.15) is 0 Å². The van der Waals surface area contributed by atoms with Crippen LogP contribution in [0.3, 0.4) is 0 Å². The highest BCUT2D eigenvalue weighted by Gasteiger charge is 2.62. The summed E-state index contributed by atoms with van der Waals surface area (Å²) in [6.07, 6.45) is 0. The number of aliphatic hydroxyl groups is 2. The number of methoxy groups -OCH3 is 1. The second kappa shape index (κ2) is 8.41. The number of rotatable bonds is 5. The van der Waals surface area contributed by atoms with Crippen molar-refractivity contribution in [3.63, 3.8) is 0 Å². The van der Waals surface area contributed by atoms with Gasteiger partial charge in [-0.15, -0.1) is 0 Å². The molecule has 1 amide bonds. The van der Waals surface area contributed by atoms with E-state index in [4.69, 9.17) is 4.74 Å². The molecule has 9 nitrogen and oxygen atoms in total. The minimum absolute atomic E-state index is 0.0739. The molecular weight excluding hydrogens is 406 g/mol. The van der Waals surface area contributed by atoms with Gasteiger partial charge in [-0.05, 0) is 31.2 Å². The van der Waals surface area contributed by atoms with E-state index in [-0.39, 0.29) is 23.4 Å². The van der Waals surface area contributed by atoms with E-state index in [9.17, 15) is 29.4 Å².